The summed E-state index contributed by atoms with van der Waals surface area (Å²) < 4.78 is 0.865. The second-order valence-corrected chi connectivity index (χ2v) is 7.17. The van der Waals surface area contributed by atoms with Crippen LogP contribution < -0.4 is 0 Å². The molecule has 4 nitrogen and oxygen atoms in total. The van der Waals surface area contributed by atoms with Crippen molar-refractivity contribution >= 4 is 33.3 Å². The van der Waals surface area contributed by atoms with Gasteiger partial charge >= 0.3 is 0 Å². The van der Waals surface area contributed by atoms with Crippen molar-refractivity contribution in [2.24, 2.45) is 11.8 Å². The predicted molar refractivity (Wildman–Crippen MR) is 85.5 cm³/mol. The number of hydrogen-bond donors (Lipinski definition) is 1. The Morgan fingerprint density at radius 2 is 1.73 bits per heavy atom. The zero-order valence-corrected chi connectivity index (χ0v) is 14.4. The largest absolute Gasteiger partial charge is 0.389 e. The quantitative estimate of drug-likeness (QED) is 0.834. The lowest BCUT2D eigenvalue weighted by molar-refractivity contribution is -0.151. The maximum atomic E-state index is 12.4. The Morgan fingerprint density at radius 3 is 2.18 bits per heavy atom. The van der Waals surface area contributed by atoms with Crippen molar-refractivity contribution in [3.8, 4) is 0 Å². The minimum absolute atomic E-state index is 0.172. The number of hydrogen-bond acceptors (Lipinski definition) is 4. The number of benzene rings is 1. The summed E-state index contributed by atoms with van der Waals surface area (Å²) >= 11 is 3.34. The third kappa shape index (κ3) is 3.06. The van der Waals surface area contributed by atoms with Gasteiger partial charge in [-0.1, -0.05) is 28.1 Å². The fourth-order valence-corrected chi connectivity index (χ4v) is 3.86. The summed E-state index contributed by atoms with van der Waals surface area (Å²) in [5.41, 5.74) is -0.719. The molecule has 0 amide bonds. The number of carbonyl (C=O) groups is 3. The maximum absolute atomic E-state index is 12.4. The Balaban J connectivity index is 2.61. The smallest absolute Gasteiger partial charge is 0.146 e. The fourth-order valence-electron chi connectivity index (χ4n) is 3.59. The number of halogens is 1. The highest BCUT2D eigenvalue weighted by Gasteiger charge is 2.53. The van der Waals surface area contributed by atoms with E-state index in [9.17, 15) is 19.5 Å². The van der Waals surface area contributed by atoms with Gasteiger partial charge in [0.15, 0.2) is 0 Å². The van der Waals surface area contributed by atoms with Crippen LogP contribution >= 0.6 is 15.9 Å². The molecule has 1 saturated carbocycles. The zero-order chi connectivity index (χ0) is 16.7. The van der Waals surface area contributed by atoms with Crippen LogP contribution in [0.2, 0.25) is 0 Å². The first kappa shape index (κ1) is 17.0. The highest BCUT2D eigenvalue weighted by molar-refractivity contribution is 9.10. The summed E-state index contributed by atoms with van der Waals surface area (Å²) in [5.74, 6) is -3.06. The van der Waals surface area contributed by atoms with Gasteiger partial charge in [0.2, 0.25) is 0 Å². The monoisotopic (exact) mass is 366 g/mol. The molecule has 2 rings (SSSR count). The number of Topliss-reactive ketones (excluding diaryl/α,β-unsaturated/α-hetero) is 3. The molecule has 0 radical (unpaired) electrons. The van der Waals surface area contributed by atoms with E-state index in [0.717, 1.165) is 10.0 Å². The van der Waals surface area contributed by atoms with Gasteiger partial charge in [0.25, 0.3) is 0 Å². The van der Waals surface area contributed by atoms with Gasteiger partial charge in [0.05, 0.1) is 17.4 Å². The molecule has 0 unspecified atom stereocenters. The molecule has 0 heterocycles. The molecular formula is C17H19BrO4. The van der Waals surface area contributed by atoms with E-state index >= 15 is 0 Å². The number of rotatable bonds is 3. The Hall–Kier alpha value is -1.33. The second kappa shape index (κ2) is 6.05. The van der Waals surface area contributed by atoms with Crippen molar-refractivity contribution in [2.75, 3.05) is 0 Å². The summed E-state index contributed by atoms with van der Waals surface area (Å²) in [6, 6.07) is 7.18. The minimum atomic E-state index is -1.44. The molecule has 1 aliphatic carbocycles. The molecule has 0 aromatic heterocycles. The first-order valence-corrected chi connectivity index (χ1v) is 7.96. The molecule has 0 spiro atoms. The maximum Gasteiger partial charge on any atom is 0.146 e. The Morgan fingerprint density at radius 1 is 1.18 bits per heavy atom. The summed E-state index contributed by atoms with van der Waals surface area (Å²) in [4.78, 5) is 36.5. The van der Waals surface area contributed by atoms with Gasteiger partial charge in [-0.25, -0.2) is 0 Å². The highest BCUT2D eigenvalue weighted by atomic mass is 79.9. The first-order chi connectivity index (χ1) is 10.1. The van der Waals surface area contributed by atoms with Crippen molar-refractivity contribution in [1.82, 2.24) is 0 Å². The third-order valence-electron chi connectivity index (χ3n) is 4.40. The molecule has 1 aliphatic rings. The minimum Gasteiger partial charge on any atom is -0.389 e. The summed E-state index contributed by atoms with van der Waals surface area (Å²) in [6.07, 6.45) is -0.172. The molecule has 0 bridgehead atoms. The molecule has 1 fully saturated rings. The number of ketones is 3. The highest BCUT2D eigenvalue weighted by Crippen LogP contribution is 2.46. The average Bonchev–Trinajstić information content (AvgIpc) is 2.36. The summed E-state index contributed by atoms with van der Waals surface area (Å²) in [5, 5.41) is 10.6. The van der Waals surface area contributed by atoms with E-state index in [-0.39, 0.29) is 23.8 Å². The average molecular weight is 367 g/mol. The Bertz CT molecular complexity index is 618. The van der Waals surface area contributed by atoms with Crippen molar-refractivity contribution in [3.05, 3.63) is 34.3 Å². The van der Waals surface area contributed by atoms with Crippen molar-refractivity contribution in [2.45, 2.75) is 38.7 Å². The van der Waals surface area contributed by atoms with Crippen molar-refractivity contribution < 1.29 is 19.5 Å². The van der Waals surface area contributed by atoms with Crippen LogP contribution in [0.15, 0.2) is 28.7 Å². The van der Waals surface area contributed by atoms with Crippen LogP contribution in [0, 0.1) is 11.8 Å². The molecule has 0 aliphatic heterocycles. The van der Waals surface area contributed by atoms with Crippen LogP contribution in [0.4, 0.5) is 0 Å². The van der Waals surface area contributed by atoms with E-state index in [0.29, 0.717) is 0 Å². The van der Waals surface area contributed by atoms with Crippen LogP contribution in [0.5, 0.6) is 0 Å². The predicted octanol–water partition coefficient (Wildman–Crippen LogP) is 2.67. The SMILES string of the molecule is CC(=O)[C@@H]1C(=O)C[C@](C)(O)[C@@H](C(C)=O)[C@@H]1c1ccc(Br)cc1. The van der Waals surface area contributed by atoms with Crippen LogP contribution in [0.1, 0.15) is 38.7 Å². The van der Waals surface area contributed by atoms with Crippen LogP contribution in [0.25, 0.3) is 0 Å². The topological polar surface area (TPSA) is 71.4 Å². The molecule has 1 aromatic rings. The van der Waals surface area contributed by atoms with Gasteiger partial charge in [-0.2, -0.15) is 0 Å². The fraction of sp³-hybridized carbons (Fsp3) is 0.471. The molecule has 4 atom stereocenters. The lowest BCUT2D eigenvalue weighted by Crippen LogP contribution is -2.53. The summed E-state index contributed by atoms with van der Waals surface area (Å²) in [6.45, 7) is 4.27. The zero-order valence-electron chi connectivity index (χ0n) is 12.8. The van der Waals surface area contributed by atoms with Crippen LogP contribution in [-0.4, -0.2) is 28.1 Å². The van der Waals surface area contributed by atoms with E-state index in [1.807, 2.05) is 0 Å². The Kier molecular flexibility index (Phi) is 4.68. The van der Waals surface area contributed by atoms with E-state index < -0.39 is 23.4 Å². The van der Waals surface area contributed by atoms with Gasteiger partial charge in [-0.3, -0.25) is 14.4 Å². The van der Waals surface area contributed by atoms with Gasteiger partial charge in [0, 0.05) is 16.8 Å². The number of carbonyl (C=O) groups excluding carboxylic acids is 3. The van der Waals surface area contributed by atoms with Gasteiger partial charge < -0.3 is 5.11 Å². The van der Waals surface area contributed by atoms with Gasteiger partial charge in [-0.05, 0) is 38.5 Å². The van der Waals surface area contributed by atoms with Crippen molar-refractivity contribution in [3.63, 3.8) is 0 Å². The Labute approximate surface area is 138 Å². The molecule has 1 aromatic carbocycles. The molecule has 0 saturated heterocycles. The van der Waals surface area contributed by atoms with Gasteiger partial charge in [-0.15, -0.1) is 0 Å². The van der Waals surface area contributed by atoms with Crippen LogP contribution in [-0.2, 0) is 14.4 Å². The molecular weight excluding hydrogens is 348 g/mol. The molecule has 118 valence electrons. The summed E-state index contributed by atoms with van der Waals surface area (Å²) in [7, 11) is 0. The number of aliphatic hydroxyl groups is 1. The molecule has 22 heavy (non-hydrogen) atoms. The van der Waals surface area contributed by atoms with Gasteiger partial charge in [0.1, 0.15) is 17.3 Å². The van der Waals surface area contributed by atoms with E-state index in [2.05, 4.69) is 15.9 Å². The van der Waals surface area contributed by atoms with E-state index in [4.69, 9.17) is 0 Å². The lowest BCUT2D eigenvalue weighted by Gasteiger charge is -2.44. The second-order valence-electron chi connectivity index (χ2n) is 6.25. The third-order valence-corrected chi connectivity index (χ3v) is 4.93. The normalized spacial score (nSPS) is 31.9. The van der Waals surface area contributed by atoms with Crippen LogP contribution in [0.3, 0.4) is 0 Å². The molecule has 5 heteroatoms. The molecule has 1 N–H and O–H groups in total. The first-order valence-electron chi connectivity index (χ1n) is 7.16. The van der Waals surface area contributed by atoms with Crippen molar-refractivity contribution in [1.29, 1.82) is 0 Å². The standard InChI is InChI=1S/C17H19BrO4/c1-9(19)14-13(21)8-17(3,22)16(10(2)20)15(14)11-4-6-12(18)7-5-11/h4-7,14-16,22H,8H2,1-3H3/t14-,15-,16+,17+/m1/s1. The van der Waals surface area contributed by atoms with E-state index in [1.54, 1.807) is 24.3 Å². The lowest BCUT2D eigenvalue weighted by atomic mass is 9.60. The van der Waals surface area contributed by atoms with E-state index in [1.165, 1.54) is 20.8 Å².